The lowest BCUT2D eigenvalue weighted by atomic mass is 9.95. The summed E-state index contributed by atoms with van der Waals surface area (Å²) in [4.78, 5) is 21.5. The predicted molar refractivity (Wildman–Crippen MR) is 132 cm³/mol. The van der Waals surface area contributed by atoms with Crippen LogP contribution in [0.4, 0.5) is 5.82 Å². The Kier molecular flexibility index (Phi) is 5.00. The molecule has 1 aliphatic rings. The van der Waals surface area contributed by atoms with E-state index >= 15 is 0 Å². The highest BCUT2D eigenvalue weighted by Crippen LogP contribution is 2.38. The van der Waals surface area contributed by atoms with Gasteiger partial charge in [0.05, 0.1) is 5.52 Å². The molecule has 34 heavy (non-hydrogen) atoms. The Morgan fingerprint density at radius 2 is 1.76 bits per heavy atom. The van der Waals surface area contributed by atoms with Crippen LogP contribution in [-0.2, 0) is 6.54 Å². The normalized spacial score (nSPS) is 14.8. The van der Waals surface area contributed by atoms with Crippen LogP contribution in [-0.4, -0.2) is 55.8 Å². The minimum atomic E-state index is -0.277. The highest BCUT2D eigenvalue weighted by atomic mass is 16.3. The Balaban J connectivity index is 1.36. The first-order chi connectivity index (χ1) is 16.7. The first kappa shape index (κ1) is 20.4. The van der Waals surface area contributed by atoms with Crippen LogP contribution in [0.2, 0.25) is 0 Å². The molecule has 2 aromatic carbocycles. The molecule has 1 fully saturated rings. The number of para-hydroxylation sites is 1. The second kappa shape index (κ2) is 8.31. The topological polar surface area (TPSA) is 89.8 Å². The Hall–Kier alpha value is -4.17. The second-order valence-electron chi connectivity index (χ2n) is 8.56. The van der Waals surface area contributed by atoms with Crippen LogP contribution in [0.5, 0.6) is 5.75 Å². The van der Waals surface area contributed by atoms with Crippen molar-refractivity contribution in [3.63, 3.8) is 0 Å². The van der Waals surface area contributed by atoms with E-state index in [1.165, 1.54) is 0 Å². The van der Waals surface area contributed by atoms with Gasteiger partial charge in [0.2, 0.25) is 0 Å². The van der Waals surface area contributed by atoms with Crippen molar-refractivity contribution in [1.82, 2.24) is 24.5 Å². The maximum atomic E-state index is 12.3. The number of aromatic nitrogens is 4. The second-order valence-corrected chi connectivity index (χ2v) is 8.56. The number of hydrogen-bond acceptors (Lipinski definition) is 6. The van der Waals surface area contributed by atoms with Crippen molar-refractivity contribution in [2.75, 3.05) is 31.1 Å². The summed E-state index contributed by atoms with van der Waals surface area (Å²) in [6.07, 6.45) is 1.83. The molecule has 1 aliphatic heterocycles. The highest BCUT2D eigenvalue weighted by molar-refractivity contribution is 5.99. The van der Waals surface area contributed by atoms with Crippen LogP contribution >= 0.6 is 0 Å². The number of hydrogen-bond donors (Lipinski definition) is 2. The standard InChI is InChI=1S/C26H24N6O2/c33-22-9-5-6-18(17-30-12-14-31(15-13-30)23-10-3-4-11-27-23)25(22)20-16-24-28-29-26(34)32(24)21-8-2-1-7-19(20)21/h1-11,16,33H,12-15,17H2,(H,29,34). The number of H-pyrrole nitrogens is 1. The average Bonchev–Trinajstić information content (AvgIpc) is 3.25. The van der Waals surface area contributed by atoms with E-state index in [1.54, 1.807) is 10.5 Å². The number of fused-ring (bicyclic) bond motifs is 3. The minimum Gasteiger partial charge on any atom is -0.507 e. The fourth-order valence-electron chi connectivity index (χ4n) is 4.89. The highest BCUT2D eigenvalue weighted by Gasteiger charge is 2.21. The van der Waals surface area contributed by atoms with Gasteiger partial charge >= 0.3 is 5.69 Å². The van der Waals surface area contributed by atoms with Crippen molar-refractivity contribution in [3.05, 3.63) is 89.0 Å². The molecule has 0 radical (unpaired) electrons. The van der Waals surface area contributed by atoms with E-state index in [0.29, 0.717) is 12.2 Å². The number of phenols is 1. The number of phenolic OH excluding ortho intramolecular Hbond substituents is 1. The van der Waals surface area contributed by atoms with Gasteiger partial charge in [-0.1, -0.05) is 36.4 Å². The van der Waals surface area contributed by atoms with Gasteiger partial charge in [0.1, 0.15) is 11.6 Å². The molecular formula is C26H24N6O2. The summed E-state index contributed by atoms with van der Waals surface area (Å²) in [6.45, 7) is 4.32. The fraction of sp³-hybridized carbons (Fsp3) is 0.192. The van der Waals surface area contributed by atoms with Gasteiger partial charge in [0, 0.05) is 49.9 Å². The first-order valence-corrected chi connectivity index (χ1v) is 11.4. The number of nitrogens with one attached hydrogen (secondary N) is 1. The summed E-state index contributed by atoms with van der Waals surface area (Å²) in [7, 11) is 0. The monoisotopic (exact) mass is 452 g/mol. The zero-order chi connectivity index (χ0) is 23.1. The molecule has 1 saturated heterocycles. The molecule has 0 bridgehead atoms. The van der Waals surface area contributed by atoms with E-state index < -0.39 is 0 Å². The quantitative estimate of drug-likeness (QED) is 0.435. The van der Waals surface area contributed by atoms with E-state index in [-0.39, 0.29) is 11.4 Å². The van der Waals surface area contributed by atoms with Gasteiger partial charge in [-0.25, -0.2) is 19.3 Å². The summed E-state index contributed by atoms with van der Waals surface area (Å²) in [5, 5.41) is 18.6. The molecule has 4 heterocycles. The lowest BCUT2D eigenvalue weighted by Gasteiger charge is -2.35. The third-order valence-corrected chi connectivity index (χ3v) is 6.54. The van der Waals surface area contributed by atoms with Gasteiger partial charge in [-0.15, -0.1) is 0 Å². The van der Waals surface area contributed by atoms with Crippen LogP contribution in [0.3, 0.4) is 0 Å². The smallest absolute Gasteiger partial charge is 0.348 e. The summed E-state index contributed by atoms with van der Waals surface area (Å²) in [5.74, 6) is 1.23. The lowest BCUT2D eigenvalue weighted by Crippen LogP contribution is -2.46. The Morgan fingerprint density at radius 1 is 0.941 bits per heavy atom. The third kappa shape index (κ3) is 3.48. The van der Waals surface area contributed by atoms with Crippen LogP contribution in [0.1, 0.15) is 5.56 Å². The predicted octanol–water partition coefficient (Wildman–Crippen LogP) is 3.27. The molecule has 0 unspecified atom stereocenters. The first-order valence-electron chi connectivity index (χ1n) is 11.4. The van der Waals surface area contributed by atoms with E-state index in [2.05, 4.69) is 31.0 Å². The number of anilines is 1. The summed E-state index contributed by atoms with van der Waals surface area (Å²) in [5.41, 5.74) is 3.69. The number of pyridine rings is 2. The SMILES string of the molecule is O=c1[nH]nc2cc(-c3c(O)cccc3CN3CCN(c4ccccn4)CC3)c3ccccc3n12. The van der Waals surface area contributed by atoms with Gasteiger partial charge in [-0.3, -0.25) is 4.90 Å². The maximum Gasteiger partial charge on any atom is 0.348 e. The molecule has 0 atom stereocenters. The van der Waals surface area contributed by atoms with Crippen LogP contribution in [0.15, 0.2) is 77.7 Å². The summed E-state index contributed by atoms with van der Waals surface area (Å²) in [6, 6.07) is 21.3. The molecule has 3 aromatic heterocycles. The van der Waals surface area contributed by atoms with E-state index in [1.807, 2.05) is 60.8 Å². The van der Waals surface area contributed by atoms with Crippen molar-refractivity contribution in [1.29, 1.82) is 0 Å². The van der Waals surface area contributed by atoms with Gasteiger partial charge in [-0.05, 0) is 41.5 Å². The van der Waals surface area contributed by atoms with Crippen LogP contribution in [0.25, 0.3) is 27.7 Å². The van der Waals surface area contributed by atoms with Gasteiger partial charge in [0.15, 0.2) is 5.65 Å². The van der Waals surface area contributed by atoms with E-state index in [4.69, 9.17) is 0 Å². The molecule has 6 rings (SSSR count). The number of piperazine rings is 1. The van der Waals surface area contributed by atoms with Crippen LogP contribution < -0.4 is 10.6 Å². The Morgan fingerprint density at radius 3 is 2.59 bits per heavy atom. The van der Waals surface area contributed by atoms with Crippen molar-refractivity contribution >= 4 is 22.4 Å². The van der Waals surface area contributed by atoms with E-state index in [0.717, 1.165) is 59.6 Å². The van der Waals surface area contributed by atoms with Gasteiger partial charge < -0.3 is 10.0 Å². The molecule has 0 saturated carbocycles. The number of aromatic amines is 1. The molecule has 8 nitrogen and oxygen atoms in total. The van der Waals surface area contributed by atoms with E-state index in [9.17, 15) is 9.90 Å². The number of nitrogens with zero attached hydrogens (tertiary/aromatic N) is 5. The summed E-state index contributed by atoms with van der Waals surface area (Å²) >= 11 is 0. The molecule has 0 spiro atoms. The number of aromatic hydroxyl groups is 1. The van der Waals surface area contributed by atoms with Gasteiger partial charge in [0.25, 0.3) is 0 Å². The molecule has 0 aliphatic carbocycles. The fourth-order valence-corrected chi connectivity index (χ4v) is 4.89. The zero-order valence-electron chi connectivity index (χ0n) is 18.6. The lowest BCUT2D eigenvalue weighted by molar-refractivity contribution is 0.249. The van der Waals surface area contributed by atoms with Crippen molar-refractivity contribution < 1.29 is 5.11 Å². The Bertz CT molecular complexity index is 1530. The van der Waals surface area contributed by atoms with Crippen molar-refractivity contribution in [2.45, 2.75) is 6.54 Å². The number of rotatable bonds is 4. The third-order valence-electron chi connectivity index (χ3n) is 6.54. The molecule has 2 N–H and O–H groups in total. The van der Waals surface area contributed by atoms with Gasteiger partial charge in [-0.2, -0.15) is 5.10 Å². The number of benzene rings is 2. The molecular weight excluding hydrogens is 428 g/mol. The molecule has 8 heteroatoms. The molecule has 0 amide bonds. The zero-order valence-corrected chi connectivity index (χ0v) is 18.6. The largest absolute Gasteiger partial charge is 0.507 e. The maximum absolute atomic E-state index is 12.3. The average molecular weight is 453 g/mol. The Labute approximate surface area is 195 Å². The molecule has 5 aromatic rings. The minimum absolute atomic E-state index is 0.219. The van der Waals surface area contributed by atoms with Crippen molar-refractivity contribution in [2.24, 2.45) is 0 Å². The molecule has 170 valence electrons. The summed E-state index contributed by atoms with van der Waals surface area (Å²) < 4.78 is 1.56. The van der Waals surface area contributed by atoms with Crippen molar-refractivity contribution in [3.8, 4) is 16.9 Å². The van der Waals surface area contributed by atoms with Crippen LogP contribution in [0, 0.1) is 0 Å².